The summed E-state index contributed by atoms with van der Waals surface area (Å²) in [6.07, 6.45) is 7.89. The monoisotopic (exact) mass is 450 g/mol. The zero-order valence-corrected chi connectivity index (χ0v) is 20.8. The van der Waals surface area contributed by atoms with E-state index in [1.807, 2.05) is 16.8 Å². The van der Waals surface area contributed by atoms with Gasteiger partial charge in [0.2, 0.25) is 0 Å². The predicted molar refractivity (Wildman–Crippen MR) is 132 cm³/mol. The third kappa shape index (κ3) is 4.88. The van der Waals surface area contributed by atoms with Crippen LogP contribution in [0.1, 0.15) is 95.6 Å². The molecule has 2 heterocycles. The lowest BCUT2D eigenvalue weighted by atomic mass is 9.91. The van der Waals surface area contributed by atoms with Gasteiger partial charge in [-0.1, -0.05) is 44.7 Å². The summed E-state index contributed by atoms with van der Waals surface area (Å²) in [4.78, 5) is 18.7. The van der Waals surface area contributed by atoms with Crippen LogP contribution in [-0.4, -0.2) is 36.1 Å². The van der Waals surface area contributed by atoms with Crippen LogP contribution in [0.3, 0.4) is 0 Å². The van der Waals surface area contributed by atoms with Crippen molar-refractivity contribution in [2.24, 2.45) is 0 Å². The quantitative estimate of drug-likeness (QED) is 0.507. The first-order valence-corrected chi connectivity index (χ1v) is 12.5. The first-order chi connectivity index (χ1) is 15.8. The fraction of sp³-hybridized carbons (Fsp3) is 0.615. The number of nitrogens with one attached hydrogen (secondary N) is 1. The maximum Gasteiger partial charge on any atom is 0.252 e. The van der Waals surface area contributed by atoms with E-state index in [0.717, 1.165) is 48.0 Å². The highest BCUT2D eigenvalue weighted by Gasteiger charge is 2.34. The van der Waals surface area contributed by atoms with Gasteiger partial charge in [-0.25, -0.2) is 4.68 Å². The highest BCUT2D eigenvalue weighted by molar-refractivity contribution is 5.79. The van der Waals surface area contributed by atoms with E-state index >= 15 is 0 Å². The van der Waals surface area contributed by atoms with Crippen LogP contribution in [0.2, 0.25) is 0 Å². The second-order valence-corrected chi connectivity index (χ2v) is 10.2. The third-order valence-corrected chi connectivity index (χ3v) is 7.49. The number of aromatic amines is 1. The van der Waals surface area contributed by atoms with E-state index in [1.54, 1.807) is 0 Å². The highest BCUT2D eigenvalue weighted by atomic mass is 16.1. The smallest absolute Gasteiger partial charge is 0.252 e. The Bertz CT molecular complexity index is 1140. The van der Waals surface area contributed by atoms with Crippen molar-refractivity contribution in [1.29, 1.82) is 0 Å². The van der Waals surface area contributed by atoms with Crippen LogP contribution in [0.15, 0.2) is 29.1 Å². The largest absolute Gasteiger partial charge is 0.322 e. The molecule has 1 aliphatic carbocycles. The number of tetrazole rings is 1. The summed E-state index contributed by atoms with van der Waals surface area (Å²) in [6, 6.07) is 8.72. The Labute approximate surface area is 196 Å². The Morgan fingerprint density at radius 2 is 1.94 bits per heavy atom. The number of aryl methyl sites for hydroxylation is 1. The molecule has 1 N–H and O–H groups in total. The molecule has 7 nitrogen and oxygen atoms in total. The Hall–Kier alpha value is -2.54. The second-order valence-electron chi connectivity index (χ2n) is 10.2. The first kappa shape index (κ1) is 23.6. The number of nitrogens with zero attached hydrogens (tertiary/aromatic N) is 5. The molecule has 1 saturated carbocycles. The van der Waals surface area contributed by atoms with E-state index in [9.17, 15) is 4.79 Å². The van der Waals surface area contributed by atoms with Gasteiger partial charge in [-0.05, 0) is 80.5 Å². The van der Waals surface area contributed by atoms with Crippen molar-refractivity contribution in [3.05, 3.63) is 51.6 Å². The van der Waals surface area contributed by atoms with Gasteiger partial charge in [-0.3, -0.25) is 9.69 Å². The van der Waals surface area contributed by atoms with Gasteiger partial charge in [0.25, 0.3) is 5.56 Å². The summed E-state index contributed by atoms with van der Waals surface area (Å²) in [6.45, 7) is 11.4. The Morgan fingerprint density at radius 3 is 2.64 bits per heavy atom. The molecule has 7 heteroatoms. The molecule has 0 saturated heterocycles. The van der Waals surface area contributed by atoms with Crippen molar-refractivity contribution in [2.45, 2.75) is 104 Å². The van der Waals surface area contributed by atoms with Crippen molar-refractivity contribution in [3.63, 3.8) is 0 Å². The molecule has 2 aromatic heterocycles. The maximum atomic E-state index is 13.1. The Kier molecular flexibility index (Phi) is 6.98. The summed E-state index contributed by atoms with van der Waals surface area (Å²) in [5.74, 6) is 0.906. The molecule has 1 atom stereocenters. The van der Waals surface area contributed by atoms with Crippen LogP contribution in [0.5, 0.6) is 0 Å². The van der Waals surface area contributed by atoms with Gasteiger partial charge < -0.3 is 4.98 Å². The van der Waals surface area contributed by atoms with Crippen LogP contribution in [-0.2, 0) is 12.1 Å². The lowest BCUT2D eigenvalue weighted by molar-refractivity contribution is 0.0801. The molecule has 1 unspecified atom stereocenters. The molecule has 0 bridgehead atoms. The summed E-state index contributed by atoms with van der Waals surface area (Å²) < 4.78 is 2.00. The summed E-state index contributed by atoms with van der Waals surface area (Å²) in [7, 11) is 0. The number of hydrogen-bond donors (Lipinski definition) is 1. The number of H-pyrrole nitrogens is 1. The zero-order chi connectivity index (χ0) is 23.6. The molecule has 0 amide bonds. The molecular formula is C26H38N6O. The fourth-order valence-electron chi connectivity index (χ4n) is 5.14. The van der Waals surface area contributed by atoms with Crippen molar-refractivity contribution in [3.8, 4) is 0 Å². The van der Waals surface area contributed by atoms with E-state index < -0.39 is 0 Å². The normalized spacial score (nSPS) is 16.5. The molecule has 33 heavy (non-hydrogen) atoms. The minimum absolute atomic E-state index is 0.00417. The molecule has 178 valence electrons. The fourth-order valence-corrected chi connectivity index (χ4v) is 5.14. The number of fused-ring (bicyclic) bond motifs is 1. The average Bonchev–Trinajstić information content (AvgIpc) is 3.31. The molecular weight excluding hydrogens is 412 g/mol. The van der Waals surface area contributed by atoms with Gasteiger partial charge in [0, 0.05) is 23.7 Å². The number of hydrogen-bond acceptors (Lipinski definition) is 5. The number of benzene rings is 1. The van der Waals surface area contributed by atoms with Crippen molar-refractivity contribution in [1.82, 2.24) is 30.1 Å². The van der Waals surface area contributed by atoms with Crippen LogP contribution in [0.4, 0.5) is 0 Å². The van der Waals surface area contributed by atoms with Crippen LogP contribution >= 0.6 is 0 Å². The topological polar surface area (TPSA) is 79.7 Å². The van der Waals surface area contributed by atoms with Crippen LogP contribution in [0, 0.1) is 6.92 Å². The van der Waals surface area contributed by atoms with E-state index in [1.165, 1.54) is 24.8 Å². The standard InChI is InChI=1S/C26H38N6O/c1-6-23(24-28-29-30-32(24)26(4,5)7-2)31(21-11-9-8-10-12-21)17-20-16-19-15-18(3)13-14-22(19)27-25(20)33/h13-16,21,23H,6-12,17H2,1-5H3,(H,27,33). The van der Waals surface area contributed by atoms with Crippen molar-refractivity contribution >= 4 is 10.9 Å². The molecule has 1 fully saturated rings. The predicted octanol–water partition coefficient (Wildman–Crippen LogP) is 5.25. The summed E-state index contributed by atoms with van der Waals surface area (Å²) in [5, 5.41) is 14.1. The van der Waals surface area contributed by atoms with Gasteiger partial charge in [-0.15, -0.1) is 5.10 Å². The van der Waals surface area contributed by atoms with Gasteiger partial charge in [0.05, 0.1) is 11.6 Å². The van der Waals surface area contributed by atoms with E-state index in [0.29, 0.717) is 12.6 Å². The molecule has 4 rings (SSSR count). The summed E-state index contributed by atoms with van der Waals surface area (Å²) >= 11 is 0. The number of pyridine rings is 1. The Morgan fingerprint density at radius 1 is 1.18 bits per heavy atom. The first-order valence-electron chi connectivity index (χ1n) is 12.5. The molecule has 1 aromatic carbocycles. The molecule has 0 spiro atoms. The minimum atomic E-state index is -0.164. The molecule has 0 radical (unpaired) electrons. The van der Waals surface area contributed by atoms with Crippen molar-refractivity contribution < 1.29 is 0 Å². The SMILES string of the molecule is CCC(c1nnnn1C(C)(C)CC)N(Cc1cc2cc(C)ccc2[nH]c1=O)C1CCCCC1. The van der Waals surface area contributed by atoms with E-state index in [2.05, 4.69) is 72.2 Å². The molecule has 3 aromatic rings. The van der Waals surface area contributed by atoms with Crippen LogP contribution < -0.4 is 5.56 Å². The minimum Gasteiger partial charge on any atom is -0.322 e. The van der Waals surface area contributed by atoms with Gasteiger partial charge >= 0.3 is 0 Å². The number of rotatable bonds is 8. The number of aromatic nitrogens is 5. The second kappa shape index (κ2) is 9.75. The van der Waals surface area contributed by atoms with E-state index in [4.69, 9.17) is 0 Å². The maximum absolute atomic E-state index is 13.1. The molecule has 1 aliphatic rings. The average molecular weight is 451 g/mol. The van der Waals surface area contributed by atoms with Gasteiger partial charge in [0.1, 0.15) is 0 Å². The lowest BCUT2D eigenvalue weighted by Crippen LogP contribution is -2.42. The third-order valence-electron chi connectivity index (χ3n) is 7.49. The van der Waals surface area contributed by atoms with Gasteiger partial charge in [0.15, 0.2) is 5.82 Å². The highest BCUT2D eigenvalue weighted by Crippen LogP contribution is 2.34. The van der Waals surface area contributed by atoms with E-state index in [-0.39, 0.29) is 17.1 Å². The van der Waals surface area contributed by atoms with Gasteiger partial charge in [-0.2, -0.15) is 0 Å². The molecule has 0 aliphatic heterocycles. The lowest BCUT2D eigenvalue weighted by Gasteiger charge is -2.40. The summed E-state index contributed by atoms with van der Waals surface area (Å²) in [5.41, 5.74) is 2.72. The Balaban J connectivity index is 1.76. The zero-order valence-electron chi connectivity index (χ0n) is 20.8. The van der Waals surface area contributed by atoms with Crippen molar-refractivity contribution in [2.75, 3.05) is 0 Å². The van der Waals surface area contributed by atoms with Crippen LogP contribution in [0.25, 0.3) is 10.9 Å².